The maximum atomic E-state index is 12.0. The van der Waals surface area contributed by atoms with Gasteiger partial charge in [0, 0.05) is 35.0 Å². The Labute approximate surface area is 169 Å². The van der Waals surface area contributed by atoms with Crippen molar-refractivity contribution in [1.82, 2.24) is 15.1 Å². The average Bonchev–Trinajstić information content (AvgIpc) is 3.10. The van der Waals surface area contributed by atoms with Crippen LogP contribution in [0.1, 0.15) is 18.1 Å². The molecule has 1 heterocycles. The van der Waals surface area contributed by atoms with E-state index in [4.69, 9.17) is 16.7 Å². The van der Waals surface area contributed by atoms with Gasteiger partial charge < -0.3 is 10.4 Å². The lowest BCUT2D eigenvalue weighted by atomic mass is 10.1. The highest BCUT2D eigenvalue weighted by molar-refractivity contribution is 6.31. The molecule has 0 bridgehead atoms. The Morgan fingerprint density at radius 2 is 1.93 bits per heavy atom. The van der Waals surface area contributed by atoms with Gasteiger partial charge >= 0.3 is 0 Å². The summed E-state index contributed by atoms with van der Waals surface area (Å²) in [5.41, 5.74) is 3.54. The minimum atomic E-state index is -0.587. The minimum absolute atomic E-state index is 0.209. The highest BCUT2D eigenvalue weighted by atomic mass is 35.5. The van der Waals surface area contributed by atoms with Crippen LogP contribution in [0.5, 0.6) is 0 Å². The molecule has 0 radical (unpaired) electrons. The van der Waals surface area contributed by atoms with Crippen molar-refractivity contribution < 1.29 is 9.90 Å². The molecule has 0 aliphatic carbocycles. The lowest BCUT2D eigenvalue weighted by Crippen LogP contribution is -2.28. The van der Waals surface area contributed by atoms with E-state index in [0.717, 1.165) is 22.4 Å². The highest BCUT2D eigenvalue weighted by Gasteiger charge is 2.11. The zero-order valence-electron chi connectivity index (χ0n) is 15.5. The van der Waals surface area contributed by atoms with Crippen molar-refractivity contribution in [3.05, 3.63) is 83.0 Å². The number of benzene rings is 2. The molecule has 0 saturated heterocycles. The minimum Gasteiger partial charge on any atom is -0.392 e. The molecule has 0 fully saturated rings. The fraction of sp³-hybridized carbons (Fsp3) is 0.182. The standard InChI is InChI=1S/C22H22ClN3O2/c1-16(27)13-24-21(28)12-11-19-15-26(14-18-9-5-6-10-20(18)23)25-22(19)17-7-3-2-4-8-17/h2-12,15-16,27H,13-14H2,1H3,(H,24,28)/b12-11+. The van der Waals surface area contributed by atoms with Gasteiger partial charge in [-0.1, -0.05) is 60.1 Å². The smallest absolute Gasteiger partial charge is 0.244 e. The van der Waals surface area contributed by atoms with Gasteiger partial charge in [0.05, 0.1) is 18.3 Å². The molecule has 1 amide bonds. The normalized spacial score (nSPS) is 12.2. The van der Waals surface area contributed by atoms with Crippen molar-refractivity contribution in [2.75, 3.05) is 6.54 Å². The zero-order chi connectivity index (χ0) is 19.9. The Hall–Kier alpha value is -2.89. The Bertz CT molecular complexity index is 965. The molecule has 0 aliphatic heterocycles. The van der Waals surface area contributed by atoms with E-state index in [9.17, 15) is 9.90 Å². The summed E-state index contributed by atoms with van der Waals surface area (Å²) in [7, 11) is 0. The zero-order valence-corrected chi connectivity index (χ0v) is 16.3. The molecule has 0 saturated carbocycles. The number of hydrogen-bond acceptors (Lipinski definition) is 3. The lowest BCUT2D eigenvalue weighted by Gasteiger charge is -2.04. The molecule has 1 unspecified atom stereocenters. The van der Waals surface area contributed by atoms with E-state index in [0.29, 0.717) is 11.6 Å². The van der Waals surface area contributed by atoms with E-state index in [1.807, 2.05) is 65.5 Å². The molecule has 5 nitrogen and oxygen atoms in total. The Kier molecular flexibility index (Phi) is 6.63. The van der Waals surface area contributed by atoms with Gasteiger partial charge in [0.1, 0.15) is 0 Å². The summed E-state index contributed by atoms with van der Waals surface area (Å²) in [6.07, 6.45) is 4.49. The number of hydrogen-bond donors (Lipinski definition) is 2. The fourth-order valence-corrected chi connectivity index (χ4v) is 2.93. The number of amides is 1. The number of halogens is 1. The molecule has 1 aromatic heterocycles. The van der Waals surface area contributed by atoms with Gasteiger partial charge in [0.15, 0.2) is 0 Å². The van der Waals surface area contributed by atoms with Crippen LogP contribution in [-0.2, 0) is 11.3 Å². The van der Waals surface area contributed by atoms with Crippen molar-refractivity contribution in [1.29, 1.82) is 0 Å². The van der Waals surface area contributed by atoms with Crippen LogP contribution in [0.15, 0.2) is 66.9 Å². The quantitative estimate of drug-likeness (QED) is 0.598. The van der Waals surface area contributed by atoms with Gasteiger partial charge in [0.2, 0.25) is 5.91 Å². The van der Waals surface area contributed by atoms with Crippen molar-refractivity contribution in [3.63, 3.8) is 0 Å². The van der Waals surface area contributed by atoms with E-state index < -0.39 is 6.10 Å². The molecule has 3 aromatic rings. The van der Waals surface area contributed by atoms with E-state index in [2.05, 4.69) is 5.32 Å². The van der Waals surface area contributed by atoms with Crippen LogP contribution >= 0.6 is 11.6 Å². The van der Waals surface area contributed by atoms with Crippen molar-refractivity contribution >= 4 is 23.6 Å². The number of rotatable bonds is 7. The second kappa shape index (κ2) is 9.35. The van der Waals surface area contributed by atoms with Gasteiger partial charge in [-0.15, -0.1) is 0 Å². The van der Waals surface area contributed by atoms with Gasteiger partial charge in [-0.25, -0.2) is 0 Å². The number of nitrogens with one attached hydrogen (secondary N) is 1. The Balaban J connectivity index is 1.88. The topological polar surface area (TPSA) is 67.2 Å². The Morgan fingerprint density at radius 3 is 2.64 bits per heavy atom. The first-order valence-electron chi connectivity index (χ1n) is 9.03. The van der Waals surface area contributed by atoms with Crippen molar-refractivity contribution in [2.45, 2.75) is 19.6 Å². The summed E-state index contributed by atoms with van der Waals surface area (Å²) in [5.74, 6) is -0.265. The molecule has 2 N–H and O–H groups in total. The summed E-state index contributed by atoms with van der Waals surface area (Å²) in [4.78, 5) is 12.0. The maximum absolute atomic E-state index is 12.0. The fourth-order valence-electron chi connectivity index (χ4n) is 2.73. The predicted molar refractivity (Wildman–Crippen MR) is 112 cm³/mol. The van der Waals surface area contributed by atoms with Crippen LogP contribution in [0.4, 0.5) is 0 Å². The van der Waals surface area contributed by atoms with Crippen LogP contribution in [0.2, 0.25) is 5.02 Å². The molecule has 0 spiro atoms. The molecule has 0 aliphatic rings. The van der Waals surface area contributed by atoms with Crippen molar-refractivity contribution in [2.24, 2.45) is 0 Å². The number of carbonyl (C=O) groups is 1. The van der Waals surface area contributed by atoms with Crippen LogP contribution < -0.4 is 5.32 Å². The number of carbonyl (C=O) groups excluding carboxylic acids is 1. The lowest BCUT2D eigenvalue weighted by molar-refractivity contribution is -0.116. The van der Waals surface area contributed by atoms with Gasteiger partial charge in [-0.3, -0.25) is 9.48 Å². The predicted octanol–water partition coefficient (Wildman–Crippen LogP) is 3.76. The van der Waals surface area contributed by atoms with E-state index in [1.54, 1.807) is 13.0 Å². The summed E-state index contributed by atoms with van der Waals surface area (Å²) < 4.78 is 1.82. The van der Waals surface area contributed by atoms with Gasteiger partial charge in [-0.05, 0) is 24.6 Å². The van der Waals surface area contributed by atoms with E-state index in [1.165, 1.54) is 6.08 Å². The van der Waals surface area contributed by atoms with Crippen LogP contribution in [0.3, 0.4) is 0 Å². The van der Waals surface area contributed by atoms with E-state index in [-0.39, 0.29) is 12.5 Å². The third kappa shape index (κ3) is 5.31. The molecule has 6 heteroatoms. The van der Waals surface area contributed by atoms with Crippen LogP contribution in [-0.4, -0.2) is 33.4 Å². The summed E-state index contributed by atoms with van der Waals surface area (Å²) >= 11 is 6.27. The largest absolute Gasteiger partial charge is 0.392 e. The SMILES string of the molecule is CC(O)CNC(=O)/C=C/c1cn(Cc2ccccc2Cl)nc1-c1ccccc1. The number of nitrogens with zero attached hydrogens (tertiary/aromatic N) is 2. The second-order valence-electron chi connectivity index (χ2n) is 6.52. The first-order chi connectivity index (χ1) is 13.5. The Morgan fingerprint density at radius 1 is 1.21 bits per heavy atom. The monoisotopic (exact) mass is 395 g/mol. The summed E-state index contributed by atoms with van der Waals surface area (Å²) in [5, 5.41) is 17.3. The number of aliphatic hydroxyl groups is 1. The van der Waals surface area contributed by atoms with Crippen LogP contribution in [0.25, 0.3) is 17.3 Å². The van der Waals surface area contributed by atoms with Crippen molar-refractivity contribution in [3.8, 4) is 11.3 Å². The third-order valence-electron chi connectivity index (χ3n) is 4.11. The molecular weight excluding hydrogens is 374 g/mol. The molecular formula is C22H22ClN3O2. The molecule has 1 atom stereocenters. The first-order valence-corrected chi connectivity index (χ1v) is 9.41. The van der Waals surface area contributed by atoms with Crippen LogP contribution in [0, 0.1) is 0 Å². The molecule has 3 rings (SSSR count). The molecule has 144 valence electrons. The maximum Gasteiger partial charge on any atom is 0.244 e. The summed E-state index contributed by atoms with van der Waals surface area (Å²) in [6.45, 7) is 2.36. The first kappa shape index (κ1) is 19.9. The molecule has 28 heavy (non-hydrogen) atoms. The second-order valence-corrected chi connectivity index (χ2v) is 6.92. The summed E-state index contributed by atoms with van der Waals surface area (Å²) in [6, 6.07) is 17.5. The number of aromatic nitrogens is 2. The number of aliphatic hydroxyl groups excluding tert-OH is 1. The van der Waals surface area contributed by atoms with E-state index >= 15 is 0 Å². The highest BCUT2D eigenvalue weighted by Crippen LogP contribution is 2.24. The third-order valence-corrected chi connectivity index (χ3v) is 4.48. The average molecular weight is 396 g/mol. The molecule has 2 aromatic carbocycles. The van der Waals surface area contributed by atoms with Gasteiger partial charge in [-0.2, -0.15) is 5.10 Å². The van der Waals surface area contributed by atoms with Gasteiger partial charge in [0.25, 0.3) is 0 Å².